The van der Waals surface area contributed by atoms with Gasteiger partial charge in [-0.05, 0) is 23.7 Å². The van der Waals surface area contributed by atoms with Crippen molar-refractivity contribution in [2.45, 2.75) is 12.4 Å². The third-order valence-electron chi connectivity index (χ3n) is 3.03. The smallest absolute Gasteiger partial charge is 0.423 e. The number of nitrogens with zero attached hydrogens (tertiary/aromatic N) is 1. The Hall–Kier alpha value is -2.07. The molecular weight excluding hydrogens is 327 g/mol. The number of aromatic nitrogens is 1. The fraction of sp³-hybridized carbons (Fsp3) is 0.154. The predicted octanol–water partition coefficient (Wildman–Crippen LogP) is 2.47. The van der Waals surface area contributed by atoms with Crippen LogP contribution >= 0.6 is 0 Å². The van der Waals surface area contributed by atoms with Crippen LogP contribution in [0.5, 0.6) is 0 Å². The van der Waals surface area contributed by atoms with Gasteiger partial charge in [0.05, 0.1) is 16.8 Å². The molecular formula is C13H8BF6NO2. The molecule has 0 atom stereocenters. The van der Waals surface area contributed by atoms with E-state index < -0.39 is 41.8 Å². The lowest BCUT2D eigenvalue weighted by Crippen LogP contribution is -2.37. The number of rotatable bonds is 2. The van der Waals surface area contributed by atoms with Gasteiger partial charge in [0.1, 0.15) is 0 Å². The SMILES string of the molecule is OB(O)c1ccnc(-c2ccc(C(F)(F)F)cc2)c1C(F)(F)F. The van der Waals surface area contributed by atoms with E-state index in [1.807, 2.05) is 0 Å². The molecule has 2 rings (SSSR count). The number of alkyl halides is 6. The molecule has 2 aromatic rings. The minimum Gasteiger partial charge on any atom is -0.423 e. The van der Waals surface area contributed by atoms with Crippen molar-refractivity contribution in [1.82, 2.24) is 4.98 Å². The van der Waals surface area contributed by atoms with Gasteiger partial charge in [-0.2, -0.15) is 26.3 Å². The highest BCUT2D eigenvalue weighted by molar-refractivity contribution is 6.59. The molecule has 0 spiro atoms. The number of halogens is 6. The van der Waals surface area contributed by atoms with Crippen LogP contribution in [0.15, 0.2) is 36.5 Å². The van der Waals surface area contributed by atoms with Crippen LogP contribution in [-0.4, -0.2) is 22.2 Å². The summed E-state index contributed by atoms with van der Waals surface area (Å²) in [5, 5.41) is 18.1. The topological polar surface area (TPSA) is 53.4 Å². The van der Waals surface area contributed by atoms with Crippen LogP contribution in [0.4, 0.5) is 26.3 Å². The first-order valence-corrected chi connectivity index (χ1v) is 6.11. The molecule has 0 fully saturated rings. The first kappa shape index (κ1) is 17.3. The Balaban J connectivity index is 2.62. The van der Waals surface area contributed by atoms with Gasteiger partial charge in [0.25, 0.3) is 0 Å². The number of pyridine rings is 1. The maximum Gasteiger partial charge on any atom is 0.489 e. The molecule has 0 aliphatic rings. The summed E-state index contributed by atoms with van der Waals surface area (Å²) >= 11 is 0. The fourth-order valence-corrected chi connectivity index (χ4v) is 2.03. The third-order valence-corrected chi connectivity index (χ3v) is 3.03. The van der Waals surface area contributed by atoms with E-state index in [1.165, 1.54) is 0 Å². The molecule has 1 heterocycles. The summed E-state index contributed by atoms with van der Waals surface area (Å²) in [6, 6.07) is 3.71. The van der Waals surface area contributed by atoms with Crippen LogP contribution in [0.3, 0.4) is 0 Å². The quantitative estimate of drug-likeness (QED) is 0.655. The van der Waals surface area contributed by atoms with Crippen LogP contribution in [0.25, 0.3) is 11.3 Å². The van der Waals surface area contributed by atoms with E-state index in [9.17, 15) is 26.3 Å². The van der Waals surface area contributed by atoms with Crippen LogP contribution in [-0.2, 0) is 12.4 Å². The van der Waals surface area contributed by atoms with E-state index in [1.54, 1.807) is 0 Å². The summed E-state index contributed by atoms with van der Waals surface area (Å²) in [5.74, 6) is 0. The van der Waals surface area contributed by atoms with E-state index in [4.69, 9.17) is 10.0 Å². The average molecular weight is 335 g/mol. The summed E-state index contributed by atoms with van der Waals surface area (Å²) in [5.41, 5.74) is -4.17. The molecule has 23 heavy (non-hydrogen) atoms. The highest BCUT2D eigenvalue weighted by Gasteiger charge is 2.40. The molecule has 1 aromatic heterocycles. The van der Waals surface area contributed by atoms with E-state index >= 15 is 0 Å². The molecule has 0 aliphatic carbocycles. The van der Waals surface area contributed by atoms with E-state index in [0.717, 1.165) is 24.4 Å². The molecule has 122 valence electrons. The second kappa shape index (κ2) is 5.86. The van der Waals surface area contributed by atoms with E-state index in [-0.39, 0.29) is 5.56 Å². The van der Waals surface area contributed by atoms with E-state index in [0.29, 0.717) is 12.1 Å². The van der Waals surface area contributed by atoms with Crippen LogP contribution in [0.1, 0.15) is 11.1 Å². The predicted molar refractivity (Wildman–Crippen MR) is 69.5 cm³/mol. The van der Waals surface area contributed by atoms with Crippen molar-refractivity contribution in [2.24, 2.45) is 0 Å². The Labute approximate surface area is 126 Å². The zero-order chi connectivity index (χ0) is 17.4. The van der Waals surface area contributed by atoms with Crippen LogP contribution in [0.2, 0.25) is 0 Å². The molecule has 0 radical (unpaired) electrons. The Kier molecular flexibility index (Phi) is 4.40. The molecule has 10 heteroatoms. The zero-order valence-corrected chi connectivity index (χ0v) is 11.2. The fourth-order valence-electron chi connectivity index (χ4n) is 2.03. The van der Waals surface area contributed by atoms with Gasteiger partial charge in [0.15, 0.2) is 0 Å². The first-order valence-electron chi connectivity index (χ1n) is 6.11. The van der Waals surface area contributed by atoms with Gasteiger partial charge in [-0.15, -0.1) is 0 Å². The Bertz CT molecular complexity index is 697. The van der Waals surface area contributed by atoms with Gasteiger partial charge in [-0.1, -0.05) is 12.1 Å². The maximum absolute atomic E-state index is 13.2. The lowest BCUT2D eigenvalue weighted by atomic mass is 9.76. The third kappa shape index (κ3) is 3.65. The minimum absolute atomic E-state index is 0.229. The van der Waals surface area contributed by atoms with Crippen molar-refractivity contribution in [2.75, 3.05) is 0 Å². The Morgan fingerprint density at radius 2 is 1.39 bits per heavy atom. The van der Waals surface area contributed by atoms with E-state index in [2.05, 4.69) is 4.98 Å². The molecule has 3 nitrogen and oxygen atoms in total. The standard InChI is InChI=1S/C13H8BF6NO2/c15-12(16,17)8-3-1-7(2-4-8)11-10(13(18,19)20)9(14(22)23)5-6-21-11/h1-6,22-23H. The number of hydrogen-bond acceptors (Lipinski definition) is 3. The summed E-state index contributed by atoms with van der Waals surface area (Å²) in [6.07, 6.45) is -8.68. The van der Waals surface area contributed by atoms with Crippen molar-refractivity contribution in [3.8, 4) is 11.3 Å². The summed E-state index contributed by atoms with van der Waals surface area (Å²) in [7, 11) is -2.40. The van der Waals surface area contributed by atoms with Crippen LogP contribution < -0.4 is 5.46 Å². The van der Waals surface area contributed by atoms with Crippen molar-refractivity contribution in [3.63, 3.8) is 0 Å². The lowest BCUT2D eigenvalue weighted by Gasteiger charge is -2.16. The largest absolute Gasteiger partial charge is 0.489 e. The normalized spacial score (nSPS) is 12.3. The molecule has 0 saturated heterocycles. The van der Waals surface area contributed by atoms with Gasteiger partial charge in [0.2, 0.25) is 0 Å². The molecule has 0 amide bonds. The van der Waals surface area contributed by atoms with Crippen molar-refractivity contribution >= 4 is 12.6 Å². The van der Waals surface area contributed by atoms with Gasteiger partial charge in [-0.25, -0.2) is 0 Å². The Morgan fingerprint density at radius 1 is 0.826 bits per heavy atom. The molecule has 0 aliphatic heterocycles. The number of hydrogen-bond donors (Lipinski definition) is 2. The summed E-state index contributed by atoms with van der Waals surface area (Å²) in [6.45, 7) is 0. The maximum atomic E-state index is 13.2. The molecule has 0 unspecified atom stereocenters. The second-order valence-electron chi connectivity index (χ2n) is 4.57. The monoisotopic (exact) mass is 335 g/mol. The number of benzene rings is 1. The van der Waals surface area contributed by atoms with Gasteiger partial charge in [-0.3, -0.25) is 4.98 Å². The van der Waals surface area contributed by atoms with Crippen LogP contribution in [0, 0.1) is 0 Å². The molecule has 0 saturated carbocycles. The Morgan fingerprint density at radius 3 is 1.83 bits per heavy atom. The average Bonchev–Trinajstić information content (AvgIpc) is 2.44. The van der Waals surface area contributed by atoms with Crippen molar-refractivity contribution < 1.29 is 36.4 Å². The summed E-state index contributed by atoms with van der Waals surface area (Å²) < 4.78 is 77.0. The first-order chi connectivity index (χ1) is 10.5. The van der Waals surface area contributed by atoms with Crippen molar-refractivity contribution in [3.05, 3.63) is 47.7 Å². The van der Waals surface area contributed by atoms with Gasteiger partial charge < -0.3 is 10.0 Å². The second-order valence-corrected chi connectivity index (χ2v) is 4.57. The highest BCUT2D eigenvalue weighted by Crippen LogP contribution is 2.36. The minimum atomic E-state index is -4.97. The van der Waals surface area contributed by atoms with Crippen molar-refractivity contribution in [1.29, 1.82) is 0 Å². The molecule has 2 N–H and O–H groups in total. The lowest BCUT2D eigenvalue weighted by molar-refractivity contribution is -0.138. The van der Waals surface area contributed by atoms with Gasteiger partial charge in [0, 0.05) is 11.8 Å². The van der Waals surface area contributed by atoms with Gasteiger partial charge >= 0.3 is 19.5 Å². The highest BCUT2D eigenvalue weighted by atomic mass is 19.4. The molecule has 1 aromatic carbocycles. The zero-order valence-electron chi connectivity index (χ0n) is 11.2. The molecule has 0 bridgehead atoms. The summed E-state index contributed by atoms with van der Waals surface area (Å²) in [4.78, 5) is 3.53.